The van der Waals surface area contributed by atoms with Gasteiger partial charge in [-0.1, -0.05) is 17.7 Å². The average Bonchev–Trinajstić information content (AvgIpc) is 2.87. The molecule has 0 unspecified atom stereocenters. The Bertz CT molecular complexity index is 323. The van der Waals surface area contributed by atoms with Crippen molar-refractivity contribution in [2.75, 3.05) is 0 Å². The zero-order valence-electron chi connectivity index (χ0n) is 7.07. The fraction of sp³-hybridized carbons (Fsp3) is 0.333. The molecule has 1 fully saturated rings. The molecule has 0 heterocycles. The molecule has 0 radical (unpaired) electrons. The third-order valence-electron chi connectivity index (χ3n) is 2.34. The van der Waals surface area contributed by atoms with Crippen LogP contribution in [0.25, 0.3) is 0 Å². The van der Waals surface area contributed by atoms with Crippen LogP contribution in [0, 0.1) is 0 Å². The van der Waals surface area contributed by atoms with E-state index >= 15 is 0 Å². The van der Waals surface area contributed by atoms with Crippen LogP contribution in [-0.4, -0.2) is 17.2 Å². The van der Waals surface area contributed by atoms with E-state index < -0.39 is 7.12 Å². The van der Waals surface area contributed by atoms with Crippen LogP contribution >= 0.6 is 11.6 Å². The molecular formula is C9H10BClO2. The van der Waals surface area contributed by atoms with E-state index in [2.05, 4.69) is 0 Å². The lowest BCUT2D eigenvalue weighted by atomic mass is 9.76. The molecule has 0 aromatic heterocycles. The van der Waals surface area contributed by atoms with Crippen LogP contribution < -0.4 is 5.46 Å². The van der Waals surface area contributed by atoms with E-state index in [1.54, 1.807) is 12.1 Å². The van der Waals surface area contributed by atoms with Gasteiger partial charge >= 0.3 is 7.12 Å². The molecule has 1 saturated carbocycles. The summed E-state index contributed by atoms with van der Waals surface area (Å²) in [5.41, 5.74) is 1.58. The molecule has 4 heteroatoms. The minimum Gasteiger partial charge on any atom is -0.423 e. The number of rotatable bonds is 2. The van der Waals surface area contributed by atoms with Crippen LogP contribution in [0.2, 0.25) is 5.02 Å². The van der Waals surface area contributed by atoms with Crippen molar-refractivity contribution in [1.29, 1.82) is 0 Å². The van der Waals surface area contributed by atoms with E-state index in [0.29, 0.717) is 16.4 Å². The molecule has 1 aromatic rings. The number of hydrogen-bond acceptors (Lipinski definition) is 2. The molecule has 2 N–H and O–H groups in total. The lowest BCUT2D eigenvalue weighted by Gasteiger charge is -2.07. The second-order valence-corrected chi connectivity index (χ2v) is 3.86. The molecular weight excluding hydrogens is 186 g/mol. The molecule has 0 saturated heterocycles. The van der Waals surface area contributed by atoms with Gasteiger partial charge in [-0.2, -0.15) is 0 Å². The van der Waals surface area contributed by atoms with Gasteiger partial charge in [0.2, 0.25) is 0 Å². The van der Waals surface area contributed by atoms with Gasteiger partial charge in [-0.3, -0.25) is 0 Å². The fourth-order valence-corrected chi connectivity index (χ4v) is 1.72. The van der Waals surface area contributed by atoms with E-state index in [9.17, 15) is 0 Å². The largest absolute Gasteiger partial charge is 0.488 e. The van der Waals surface area contributed by atoms with E-state index in [-0.39, 0.29) is 0 Å². The summed E-state index contributed by atoms with van der Waals surface area (Å²) in [6.45, 7) is 0. The summed E-state index contributed by atoms with van der Waals surface area (Å²) in [5.74, 6) is 0.508. The lowest BCUT2D eigenvalue weighted by Crippen LogP contribution is -2.32. The van der Waals surface area contributed by atoms with E-state index in [1.165, 1.54) is 0 Å². The lowest BCUT2D eigenvalue weighted by molar-refractivity contribution is 0.425. The molecule has 1 aliphatic carbocycles. The van der Waals surface area contributed by atoms with Gasteiger partial charge in [-0.25, -0.2) is 0 Å². The van der Waals surface area contributed by atoms with Crippen molar-refractivity contribution in [3.8, 4) is 0 Å². The molecule has 0 spiro atoms. The molecule has 68 valence electrons. The van der Waals surface area contributed by atoms with Crippen molar-refractivity contribution in [1.82, 2.24) is 0 Å². The Hall–Kier alpha value is -0.505. The predicted octanol–water partition coefficient (Wildman–Crippen LogP) is 0.897. The Morgan fingerprint density at radius 3 is 2.54 bits per heavy atom. The highest BCUT2D eigenvalue weighted by Gasteiger charge is 2.29. The van der Waals surface area contributed by atoms with Crippen molar-refractivity contribution in [3.63, 3.8) is 0 Å². The first-order valence-corrected chi connectivity index (χ1v) is 4.72. The maximum Gasteiger partial charge on any atom is 0.488 e. The van der Waals surface area contributed by atoms with Crippen LogP contribution in [0.1, 0.15) is 24.3 Å². The van der Waals surface area contributed by atoms with E-state index in [0.717, 1.165) is 18.4 Å². The van der Waals surface area contributed by atoms with Gasteiger partial charge in [0, 0.05) is 5.02 Å². The third-order valence-corrected chi connectivity index (χ3v) is 2.58. The Morgan fingerprint density at radius 1 is 1.31 bits per heavy atom. The quantitative estimate of drug-likeness (QED) is 0.690. The van der Waals surface area contributed by atoms with Gasteiger partial charge < -0.3 is 10.0 Å². The van der Waals surface area contributed by atoms with Gasteiger partial charge in [0.05, 0.1) is 0 Å². The summed E-state index contributed by atoms with van der Waals surface area (Å²) in [4.78, 5) is 0. The topological polar surface area (TPSA) is 40.5 Å². The van der Waals surface area contributed by atoms with Crippen LogP contribution in [0.5, 0.6) is 0 Å². The van der Waals surface area contributed by atoms with Crippen molar-refractivity contribution < 1.29 is 10.0 Å². The number of halogens is 1. The van der Waals surface area contributed by atoms with Crippen molar-refractivity contribution in [2.45, 2.75) is 18.8 Å². The van der Waals surface area contributed by atoms with E-state index in [1.807, 2.05) is 6.07 Å². The second kappa shape index (κ2) is 3.33. The number of benzene rings is 1. The van der Waals surface area contributed by atoms with Gasteiger partial charge in [0.1, 0.15) is 0 Å². The predicted molar refractivity (Wildman–Crippen MR) is 53.3 cm³/mol. The molecule has 2 rings (SSSR count). The molecule has 13 heavy (non-hydrogen) atoms. The van der Waals surface area contributed by atoms with Crippen LogP contribution in [0.15, 0.2) is 18.2 Å². The van der Waals surface area contributed by atoms with Gasteiger partial charge in [0.25, 0.3) is 0 Å². The van der Waals surface area contributed by atoms with Crippen LogP contribution in [-0.2, 0) is 0 Å². The van der Waals surface area contributed by atoms with Gasteiger partial charge in [-0.15, -0.1) is 0 Å². The molecule has 1 aromatic carbocycles. The molecule has 0 aliphatic heterocycles. The molecule has 0 bridgehead atoms. The zero-order valence-corrected chi connectivity index (χ0v) is 7.83. The summed E-state index contributed by atoms with van der Waals surface area (Å²) in [5, 5.41) is 18.8. The molecule has 0 atom stereocenters. The third kappa shape index (κ3) is 1.88. The monoisotopic (exact) mass is 196 g/mol. The number of hydrogen-bond donors (Lipinski definition) is 2. The highest BCUT2D eigenvalue weighted by atomic mass is 35.5. The van der Waals surface area contributed by atoms with Crippen LogP contribution in [0.4, 0.5) is 0 Å². The minimum absolute atomic E-state index is 0.508. The Labute approximate surface area is 82.3 Å². The first-order valence-electron chi connectivity index (χ1n) is 4.34. The first kappa shape index (κ1) is 9.07. The highest BCUT2D eigenvalue weighted by molar-refractivity contribution is 6.59. The maximum absolute atomic E-state index is 9.10. The van der Waals surface area contributed by atoms with Gasteiger partial charge in [0.15, 0.2) is 0 Å². The van der Waals surface area contributed by atoms with E-state index in [4.69, 9.17) is 21.6 Å². The molecule has 2 nitrogen and oxygen atoms in total. The van der Waals surface area contributed by atoms with Crippen molar-refractivity contribution in [3.05, 3.63) is 28.8 Å². The Morgan fingerprint density at radius 2 is 2.00 bits per heavy atom. The summed E-state index contributed by atoms with van der Waals surface area (Å²) < 4.78 is 0. The van der Waals surface area contributed by atoms with Crippen molar-refractivity contribution >= 4 is 24.2 Å². The minimum atomic E-state index is -1.41. The normalized spacial score (nSPS) is 15.9. The SMILES string of the molecule is OB(O)c1cc(Cl)ccc1C1CC1. The molecule has 0 amide bonds. The smallest absolute Gasteiger partial charge is 0.423 e. The average molecular weight is 196 g/mol. The Balaban J connectivity index is 2.41. The van der Waals surface area contributed by atoms with Crippen molar-refractivity contribution in [2.24, 2.45) is 0 Å². The Kier molecular flexibility index (Phi) is 2.32. The summed E-state index contributed by atoms with van der Waals surface area (Å²) in [6.07, 6.45) is 2.28. The second-order valence-electron chi connectivity index (χ2n) is 3.42. The summed E-state index contributed by atoms with van der Waals surface area (Å²) >= 11 is 5.76. The summed E-state index contributed by atoms with van der Waals surface area (Å²) in [7, 11) is -1.41. The van der Waals surface area contributed by atoms with Crippen LogP contribution in [0.3, 0.4) is 0 Å². The standard InChI is InChI=1S/C9H10BClO2/c11-7-3-4-8(6-1-2-6)9(5-7)10(12)13/h3-6,12-13H,1-2H2. The zero-order chi connectivity index (χ0) is 9.42. The molecule has 1 aliphatic rings. The maximum atomic E-state index is 9.10. The fourth-order valence-electron chi connectivity index (χ4n) is 1.54. The summed E-state index contributed by atoms with van der Waals surface area (Å²) in [6, 6.07) is 5.30. The van der Waals surface area contributed by atoms with Gasteiger partial charge in [-0.05, 0) is 41.9 Å². The first-order chi connectivity index (χ1) is 6.18. The highest BCUT2D eigenvalue weighted by Crippen LogP contribution is 2.39.